The van der Waals surface area contributed by atoms with Crippen molar-refractivity contribution in [1.82, 2.24) is 5.32 Å². The van der Waals surface area contributed by atoms with Crippen molar-refractivity contribution in [2.75, 3.05) is 23.4 Å². The Bertz CT molecular complexity index is 568. The molecule has 2 N–H and O–H groups in total. The number of nitrogens with one attached hydrogen (secondary N) is 2. The molecule has 0 bridgehead atoms. The third kappa shape index (κ3) is 7.24. The van der Waals surface area contributed by atoms with E-state index in [0.29, 0.717) is 12.2 Å². The Hall–Kier alpha value is -1.40. The van der Waals surface area contributed by atoms with Crippen LogP contribution < -0.4 is 10.6 Å². The SMILES string of the molecule is CCNCc1cccc(NC(=O)CS(=O)(=O)CC(C)C)c1. The first-order valence-electron chi connectivity index (χ1n) is 7.12. The second kappa shape index (κ2) is 8.14. The van der Waals surface area contributed by atoms with Gasteiger partial charge >= 0.3 is 0 Å². The molecule has 0 radical (unpaired) electrons. The van der Waals surface area contributed by atoms with Gasteiger partial charge in [0.2, 0.25) is 5.91 Å². The van der Waals surface area contributed by atoms with E-state index in [4.69, 9.17) is 0 Å². The molecule has 118 valence electrons. The molecule has 21 heavy (non-hydrogen) atoms. The second-order valence-corrected chi connectivity index (χ2v) is 7.59. The predicted octanol–water partition coefficient (Wildman–Crippen LogP) is 1.81. The average molecular weight is 312 g/mol. The number of hydrogen-bond donors (Lipinski definition) is 2. The Labute approximate surface area is 127 Å². The molecule has 0 spiro atoms. The quantitative estimate of drug-likeness (QED) is 0.767. The molecule has 0 saturated carbocycles. The number of amides is 1. The van der Waals surface area contributed by atoms with Gasteiger partial charge in [-0.25, -0.2) is 8.42 Å². The summed E-state index contributed by atoms with van der Waals surface area (Å²) in [4.78, 5) is 11.8. The Kier molecular flexibility index (Phi) is 6.84. The molecule has 0 saturated heterocycles. The zero-order chi connectivity index (χ0) is 15.9. The predicted molar refractivity (Wildman–Crippen MR) is 85.9 cm³/mol. The third-order valence-corrected chi connectivity index (χ3v) is 4.60. The number of benzene rings is 1. The van der Waals surface area contributed by atoms with Gasteiger partial charge in [0.1, 0.15) is 5.75 Å². The number of anilines is 1. The molecule has 0 fully saturated rings. The molecule has 1 aromatic rings. The Balaban J connectivity index is 2.62. The number of carbonyl (C=O) groups is 1. The summed E-state index contributed by atoms with van der Waals surface area (Å²) in [6.07, 6.45) is 0. The van der Waals surface area contributed by atoms with E-state index in [-0.39, 0.29) is 11.7 Å². The minimum absolute atomic E-state index is 0.0197. The largest absolute Gasteiger partial charge is 0.325 e. The van der Waals surface area contributed by atoms with Gasteiger partial charge in [0.05, 0.1) is 5.75 Å². The van der Waals surface area contributed by atoms with Crippen molar-refractivity contribution in [2.24, 2.45) is 5.92 Å². The van der Waals surface area contributed by atoms with E-state index in [2.05, 4.69) is 10.6 Å². The van der Waals surface area contributed by atoms with Crippen LogP contribution in [-0.2, 0) is 21.2 Å². The molecule has 0 aliphatic carbocycles. The normalized spacial score (nSPS) is 11.6. The highest BCUT2D eigenvalue weighted by Crippen LogP contribution is 2.11. The van der Waals surface area contributed by atoms with Crippen LogP contribution in [0.3, 0.4) is 0 Å². The van der Waals surface area contributed by atoms with Gasteiger partial charge in [-0.15, -0.1) is 0 Å². The van der Waals surface area contributed by atoms with Crippen LogP contribution in [0, 0.1) is 5.92 Å². The van der Waals surface area contributed by atoms with Gasteiger partial charge in [-0.3, -0.25) is 4.79 Å². The fourth-order valence-electron chi connectivity index (χ4n) is 1.99. The van der Waals surface area contributed by atoms with E-state index < -0.39 is 21.5 Å². The number of carbonyl (C=O) groups excluding carboxylic acids is 1. The summed E-state index contributed by atoms with van der Waals surface area (Å²) in [6.45, 7) is 7.24. The molecule has 0 unspecified atom stereocenters. The maximum Gasteiger partial charge on any atom is 0.239 e. The van der Waals surface area contributed by atoms with E-state index in [1.807, 2.05) is 39.0 Å². The molecule has 0 heterocycles. The van der Waals surface area contributed by atoms with Crippen LogP contribution in [0.15, 0.2) is 24.3 Å². The molecule has 0 aliphatic heterocycles. The van der Waals surface area contributed by atoms with E-state index >= 15 is 0 Å². The van der Waals surface area contributed by atoms with Crippen LogP contribution in [0.4, 0.5) is 5.69 Å². The van der Waals surface area contributed by atoms with Crippen molar-refractivity contribution in [3.8, 4) is 0 Å². The molecule has 5 nitrogen and oxygen atoms in total. The molecule has 1 aromatic carbocycles. The van der Waals surface area contributed by atoms with E-state index in [0.717, 1.165) is 12.1 Å². The topological polar surface area (TPSA) is 75.3 Å². The molecule has 0 aliphatic rings. The van der Waals surface area contributed by atoms with Gasteiger partial charge in [-0.1, -0.05) is 32.9 Å². The molecule has 1 rings (SSSR count). The summed E-state index contributed by atoms with van der Waals surface area (Å²) in [7, 11) is -3.35. The summed E-state index contributed by atoms with van der Waals surface area (Å²) in [6, 6.07) is 7.39. The van der Waals surface area contributed by atoms with E-state index in [9.17, 15) is 13.2 Å². The molecular formula is C15H24N2O3S. The zero-order valence-corrected chi connectivity index (χ0v) is 13.7. The van der Waals surface area contributed by atoms with Gasteiger partial charge in [-0.05, 0) is 30.2 Å². The minimum Gasteiger partial charge on any atom is -0.325 e. The molecule has 0 atom stereocenters. The van der Waals surface area contributed by atoms with Crippen molar-refractivity contribution >= 4 is 21.4 Å². The Morgan fingerprint density at radius 1 is 1.29 bits per heavy atom. The van der Waals surface area contributed by atoms with Crippen LogP contribution in [-0.4, -0.2) is 32.4 Å². The summed E-state index contributed by atoms with van der Waals surface area (Å²) < 4.78 is 23.6. The van der Waals surface area contributed by atoms with Crippen LogP contribution in [0.25, 0.3) is 0 Å². The first-order valence-corrected chi connectivity index (χ1v) is 8.94. The van der Waals surface area contributed by atoms with Crippen LogP contribution in [0.5, 0.6) is 0 Å². The summed E-state index contributed by atoms with van der Waals surface area (Å²) in [5, 5.41) is 5.84. The summed E-state index contributed by atoms with van der Waals surface area (Å²) in [5.41, 5.74) is 1.66. The minimum atomic E-state index is -3.35. The highest BCUT2D eigenvalue weighted by molar-refractivity contribution is 7.92. The first-order chi connectivity index (χ1) is 9.82. The lowest BCUT2D eigenvalue weighted by Gasteiger charge is -2.09. The van der Waals surface area contributed by atoms with Gasteiger partial charge in [-0.2, -0.15) is 0 Å². The average Bonchev–Trinajstić information content (AvgIpc) is 2.34. The van der Waals surface area contributed by atoms with Crippen molar-refractivity contribution in [2.45, 2.75) is 27.3 Å². The van der Waals surface area contributed by atoms with Gasteiger partial charge < -0.3 is 10.6 Å². The summed E-state index contributed by atoms with van der Waals surface area (Å²) in [5.74, 6) is -0.911. The van der Waals surface area contributed by atoms with Crippen molar-refractivity contribution in [1.29, 1.82) is 0 Å². The van der Waals surface area contributed by atoms with Gasteiger partial charge in [0.15, 0.2) is 9.84 Å². The standard InChI is InChI=1S/C15H24N2O3S/c1-4-16-9-13-6-5-7-14(8-13)17-15(18)11-21(19,20)10-12(2)3/h5-8,12,16H,4,9-11H2,1-3H3,(H,17,18). The fraction of sp³-hybridized carbons (Fsp3) is 0.533. The lowest BCUT2D eigenvalue weighted by atomic mass is 10.2. The number of hydrogen-bond acceptors (Lipinski definition) is 4. The van der Waals surface area contributed by atoms with Gasteiger partial charge in [0, 0.05) is 12.2 Å². The first kappa shape index (κ1) is 17.7. The highest BCUT2D eigenvalue weighted by atomic mass is 32.2. The lowest BCUT2D eigenvalue weighted by Crippen LogP contribution is -2.26. The Morgan fingerprint density at radius 2 is 2.00 bits per heavy atom. The highest BCUT2D eigenvalue weighted by Gasteiger charge is 2.18. The van der Waals surface area contributed by atoms with Crippen LogP contribution in [0.2, 0.25) is 0 Å². The smallest absolute Gasteiger partial charge is 0.239 e. The van der Waals surface area contributed by atoms with E-state index in [1.165, 1.54) is 0 Å². The second-order valence-electron chi connectivity index (χ2n) is 5.48. The maximum atomic E-state index is 11.8. The fourth-order valence-corrected chi connectivity index (χ4v) is 3.60. The van der Waals surface area contributed by atoms with Crippen molar-refractivity contribution in [3.05, 3.63) is 29.8 Å². The van der Waals surface area contributed by atoms with Crippen molar-refractivity contribution in [3.63, 3.8) is 0 Å². The third-order valence-electron chi connectivity index (χ3n) is 2.73. The summed E-state index contributed by atoms with van der Waals surface area (Å²) >= 11 is 0. The molecule has 6 heteroatoms. The molecule has 1 amide bonds. The number of sulfone groups is 1. The van der Waals surface area contributed by atoms with Crippen molar-refractivity contribution < 1.29 is 13.2 Å². The zero-order valence-electron chi connectivity index (χ0n) is 12.8. The molecule has 0 aromatic heterocycles. The molecular weight excluding hydrogens is 288 g/mol. The van der Waals surface area contributed by atoms with Crippen LogP contribution >= 0.6 is 0 Å². The Morgan fingerprint density at radius 3 is 2.62 bits per heavy atom. The van der Waals surface area contributed by atoms with E-state index in [1.54, 1.807) is 6.07 Å². The number of rotatable bonds is 8. The van der Waals surface area contributed by atoms with Gasteiger partial charge in [0.25, 0.3) is 0 Å². The monoisotopic (exact) mass is 312 g/mol. The maximum absolute atomic E-state index is 11.8. The lowest BCUT2D eigenvalue weighted by molar-refractivity contribution is -0.113. The van der Waals surface area contributed by atoms with Crippen LogP contribution in [0.1, 0.15) is 26.3 Å².